The first kappa shape index (κ1) is 24.3. The van der Waals surface area contributed by atoms with Crippen molar-refractivity contribution in [3.8, 4) is 0 Å². The second-order valence-corrected chi connectivity index (χ2v) is 10.3. The SMILES string of the molecule is Cc1ccc(/C(O)=C2/C(=O)C(=O)N(c3ccc(N(C)C)cc3)C2c2ccc(C(C)(C)C)cc2)cc1. The number of nitrogens with zero attached hydrogens (tertiary/aromatic N) is 2. The van der Waals surface area contributed by atoms with E-state index in [0.29, 0.717) is 11.3 Å². The molecule has 0 spiro atoms. The van der Waals surface area contributed by atoms with Crippen LogP contribution in [0.25, 0.3) is 5.76 Å². The van der Waals surface area contributed by atoms with Crippen LogP contribution in [0.15, 0.2) is 78.4 Å². The number of benzene rings is 3. The minimum atomic E-state index is -0.740. The van der Waals surface area contributed by atoms with E-state index in [0.717, 1.165) is 22.4 Å². The Kier molecular flexibility index (Phi) is 6.28. The zero-order valence-electron chi connectivity index (χ0n) is 21.2. The van der Waals surface area contributed by atoms with Crippen LogP contribution in [0, 0.1) is 6.92 Å². The molecule has 180 valence electrons. The summed E-state index contributed by atoms with van der Waals surface area (Å²) in [6, 6.07) is 22.0. The monoisotopic (exact) mass is 468 g/mol. The topological polar surface area (TPSA) is 60.9 Å². The van der Waals surface area contributed by atoms with E-state index >= 15 is 0 Å². The summed E-state index contributed by atoms with van der Waals surface area (Å²) in [6.07, 6.45) is 0. The third kappa shape index (κ3) is 4.59. The quantitative estimate of drug-likeness (QED) is 0.290. The summed E-state index contributed by atoms with van der Waals surface area (Å²) in [4.78, 5) is 30.2. The van der Waals surface area contributed by atoms with Crippen LogP contribution in [0.3, 0.4) is 0 Å². The summed E-state index contributed by atoms with van der Waals surface area (Å²) in [5, 5.41) is 11.3. The molecule has 0 bridgehead atoms. The van der Waals surface area contributed by atoms with E-state index < -0.39 is 17.7 Å². The molecule has 4 rings (SSSR count). The van der Waals surface area contributed by atoms with E-state index in [1.54, 1.807) is 12.1 Å². The van der Waals surface area contributed by atoms with Gasteiger partial charge in [-0.3, -0.25) is 14.5 Å². The Hall–Kier alpha value is -3.86. The third-order valence-electron chi connectivity index (χ3n) is 6.51. The lowest BCUT2D eigenvalue weighted by Gasteiger charge is -2.27. The van der Waals surface area contributed by atoms with Gasteiger partial charge < -0.3 is 10.0 Å². The van der Waals surface area contributed by atoms with Crippen molar-refractivity contribution >= 4 is 28.8 Å². The van der Waals surface area contributed by atoms with Gasteiger partial charge in [-0.1, -0.05) is 74.9 Å². The van der Waals surface area contributed by atoms with Crippen LogP contribution in [-0.4, -0.2) is 30.9 Å². The van der Waals surface area contributed by atoms with Gasteiger partial charge in [-0.2, -0.15) is 0 Å². The van der Waals surface area contributed by atoms with Crippen molar-refractivity contribution in [2.75, 3.05) is 23.9 Å². The summed E-state index contributed by atoms with van der Waals surface area (Å²) in [6.45, 7) is 8.37. The lowest BCUT2D eigenvalue weighted by atomic mass is 9.85. The molecule has 0 saturated carbocycles. The second-order valence-electron chi connectivity index (χ2n) is 10.3. The largest absolute Gasteiger partial charge is 0.507 e. The van der Waals surface area contributed by atoms with Gasteiger partial charge in [0.2, 0.25) is 0 Å². The highest BCUT2D eigenvalue weighted by Gasteiger charge is 2.47. The van der Waals surface area contributed by atoms with Crippen molar-refractivity contribution in [2.24, 2.45) is 0 Å². The van der Waals surface area contributed by atoms with Crippen LogP contribution in [-0.2, 0) is 15.0 Å². The molecule has 0 aromatic heterocycles. The van der Waals surface area contributed by atoms with Gasteiger partial charge in [-0.05, 0) is 47.7 Å². The first-order valence-electron chi connectivity index (χ1n) is 11.7. The number of carbonyl (C=O) groups is 2. The molecule has 1 saturated heterocycles. The Morgan fingerprint density at radius 2 is 1.43 bits per heavy atom. The number of aliphatic hydroxyl groups excluding tert-OH is 1. The summed E-state index contributed by atoms with van der Waals surface area (Å²) < 4.78 is 0. The van der Waals surface area contributed by atoms with Crippen molar-refractivity contribution in [1.29, 1.82) is 0 Å². The summed E-state index contributed by atoms with van der Waals surface area (Å²) in [7, 11) is 3.89. The summed E-state index contributed by atoms with van der Waals surface area (Å²) >= 11 is 0. The van der Waals surface area contributed by atoms with Crippen molar-refractivity contribution in [1.82, 2.24) is 0 Å². The Morgan fingerprint density at radius 3 is 1.94 bits per heavy atom. The van der Waals surface area contributed by atoms with Gasteiger partial charge in [0, 0.05) is 31.0 Å². The number of ketones is 1. The minimum absolute atomic E-state index is 0.0375. The van der Waals surface area contributed by atoms with Gasteiger partial charge in [0.05, 0.1) is 11.6 Å². The van der Waals surface area contributed by atoms with Crippen LogP contribution in [0.4, 0.5) is 11.4 Å². The zero-order chi connectivity index (χ0) is 25.5. The fourth-order valence-corrected chi connectivity index (χ4v) is 4.36. The molecule has 1 amide bonds. The van der Waals surface area contributed by atoms with E-state index in [-0.39, 0.29) is 16.7 Å². The molecule has 0 radical (unpaired) electrons. The highest BCUT2D eigenvalue weighted by atomic mass is 16.3. The molecule has 3 aromatic rings. The highest BCUT2D eigenvalue weighted by Crippen LogP contribution is 2.42. The average Bonchev–Trinajstić information content (AvgIpc) is 3.09. The Bertz CT molecular complexity index is 1280. The number of rotatable bonds is 4. The van der Waals surface area contributed by atoms with Crippen LogP contribution < -0.4 is 9.80 Å². The number of carbonyl (C=O) groups excluding carboxylic acids is 2. The second kappa shape index (κ2) is 9.06. The van der Waals surface area contributed by atoms with E-state index in [9.17, 15) is 14.7 Å². The van der Waals surface area contributed by atoms with Gasteiger partial charge in [0.1, 0.15) is 5.76 Å². The predicted molar refractivity (Wildman–Crippen MR) is 142 cm³/mol. The molecule has 1 fully saturated rings. The Balaban J connectivity index is 1.90. The van der Waals surface area contributed by atoms with Crippen molar-refractivity contribution in [3.05, 3.63) is 101 Å². The molecule has 1 aliphatic rings. The summed E-state index contributed by atoms with van der Waals surface area (Å²) in [5.74, 6) is -1.51. The molecular weight excluding hydrogens is 436 g/mol. The molecule has 1 heterocycles. The minimum Gasteiger partial charge on any atom is -0.507 e. The van der Waals surface area contributed by atoms with Gasteiger partial charge in [-0.15, -0.1) is 0 Å². The van der Waals surface area contributed by atoms with Crippen LogP contribution in [0.1, 0.15) is 49.1 Å². The van der Waals surface area contributed by atoms with E-state index in [4.69, 9.17) is 0 Å². The number of aliphatic hydroxyl groups is 1. The number of anilines is 2. The van der Waals surface area contributed by atoms with Crippen LogP contribution >= 0.6 is 0 Å². The van der Waals surface area contributed by atoms with Gasteiger partial charge >= 0.3 is 0 Å². The number of hydrogen-bond acceptors (Lipinski definition) is 4. The van der Waals surface area contributed by atoms with E-state index in [1.807, 2.05) is 86.6 Å². The molecule has 3 aromatic carbocycles. The fourth-order valence-electron chi connectivity index (χ4n) is 4.36. The molecule has 5 nitrogen and oxygen atoms in total. The van der Waals surface area contributed by atoms with Gasteiger partial charge in [0.25, 0.3) is 11.7 Å². The number of amides is 1. The predicted octanol–water partition coefficient (Wildman–Crippen LogP) is 5.98. The molecule has 0 aliphatic carbocycles. The molecule has 5 heteroatoms. The lowest BCUT2D eigenvalue weighted by molar-refractivity contribution is -0.132. The number of Topliss-reactive ketones (excluding diaryl/α,β-unsaturated/α-hetero) is 1. The maximum Gasteiger partial charge on any atom is 0.300 e. The fraction of sp³-hybridized carbons (Fsp3) is 0.267. The van der Waals surface area contributed by atoms with Gasteiger partial charge in [-0.25, -0.2) is 0 Å². The smallest absolute Gasteiger partial charge is 0.300 e. The lowest BCUT2D eigenvalue weighted by Crippen LogP contribution is -2.29. The highest BCUT2D eigenvalue weighted by molar-refractivity contribution is 6.51. The van der Waals surface area contributed by atoms with E-state index in [2.05, 4.69) is 20.8 Å². The average molecular weight is 469 g/mol. The van der Waals surface area contributed by atoms with Gasteiger partial charge in [0.15, 0.2) is 0 Å². The normalized spacial score (nSPS) is 17.7. The molecule has 1 N–H and O–H groups in total. The van der Waals surface area contributed by atoms with Crippen molar-refractivity contribution in [2.45, 2.75) is 39.2 Å². The van der Waals surface area contributed by atoms with Crippen LogP contribution in [0.5, 0.6) is 0 Å². The molecule has 1 aliphatic heterocycles. The third-order valence-corrected chi connectivity index (χ3v) is 6.51. The first-order valence-corrected chi connectivity index (χ1v) is 11.7. The first-order chi connectivity index (χ1) is 16.5. The van der Waals surface area contributed by atoms with Crippen molar-refractivity contribution in [3.63, 3.8) is 0 Å². The molecule has 1 unspecified atom stereocenters. The Morgan fingerprint density at radius 1 is 0.857 bits per heavy atom. The van der Waals surface area contributed by atoms with Crippen LogP contribution in [0.2, 0.25) is 0 Å². The molecule has 1 atom stereocenters. The molecular formula is C30H32N2O3. The van der Waals surface area contributed by atoms with Crippen molar-refractivity contribution < 1.29 is 14.7 Å². The molecule has 35 heavy (non-hydrogen) atoms. The maximum absolute atomic E-state index is 13.4. The number of hydrogen-bond donors (Lipinski definition) is 1. The number of aryl methyl sites for hydroxylation is 1. The van der Waals surface area contributed by atoms with E-state index in [1.165, 1.54) is 4.90 Å². The summed E-state index contributed by atoms with van der Waals surface area (Å²) in [5.41, 5.74) is 5.10. The standard InChI is InChI=1S/C30H32N2O3/c1-19-7-9-21(10-8-19)27(33)25-26(20-11-13-22(14-12-20)30(2,3)4)32(29(35)28(25)34)24-17-15-23(16-18-24)31(5)6/h7-18,26,33H,1-6H3/b27-25-. The maximum atomic E-state index is 13.4. The Labute approximate surface area is 207 Å². The zero-order valence-corrected chi connectivity index (χ0v) is 21.2.